The molecule has 0 spiro atoms. The van der Waals surface area contributed by atoms with Crippen LogP contribution in [-0.4, -0.2) is 96.7 Å². The lowest BCUT2D eigenvalue weighted by atomic mass is 9.99. The Morgan fingerprint density at radius 2 is 0.515 bits per heavy atom. The van der Waals surface area contributed by atoms with Crippen molar-refractivity contribution in [3.63, 3.8) is 0 Å². The highest BCUT2D eigenvalue weighted by Gasteiger charge is 2.30. The molecule has 588 valence electrons. The van der Waals surface area contributed by atoms with Crippen LogP contribution in [0.15, 0.2) is 0 Å². The molecule has 0 rings (SSSR count). The summed E-state index contributed by atoms with van der Waals surface area (Å²) in [4.78, 5) is 73.0. The molecule has 0 radical (unpaired) electrons. The number of phosphoric ester groups is 2. The average molecular weight is 1450 g/mol. The van der Waals surface area contributed by atoms with Gasteiger partial charge in [0.1, 0.15) is 19.3 Å². The average Bonchev–Trinajstić information content (AvgIpc) is 0.994. The van der Waals surface area contributed by atoms with E-state index >= 15 is 0 Å². The second-order valence-corrected chi connectivity index (χ2v) is 32.9. The van der Waals surface area contributed by atoms with Crippen LogP contribution >= 0.6 is 15.6 Å². The van der Waals surface area contributed by atoms with Gasteiger partial charge >= 0.3 is 39.5 Å². The van der Waals surface area contributed by atoms with Crippen molar-refractivity contribution < 1.29 is 80.2 Å². The summed E-state index contributed by atoms with van der Waals surface area (Å²) < 4.78 is 68.7. The predicted molar refractivity (Wildman–Crippen MR) is 405 cm³/mol. The number of aliphatic hydroxyl groups is 1. The van der Waals surface area contributed by atoms with Gasteiger partial charge in [0.25, 0.3) is 0 Å². The van der Waals surface area contributed by atoms with E-state index in [1.807, 2.05) is 0 Å². The van der Waals surface area contributed by atoms with Gasteiger partial charge in [0.2, 0.25) is 0 Å². The summed E-state index contributed by atoms with van der Waals surface area (Å²) in [5.41, 5.74) is 0. The quantitative estimate of drug-likeness (QED) is 0.0222. The number of unbranched alkanes of at least 4 members (excludes halogenated alkanes) is 45. The van der Waals surface area contributed by atoms with Crippen molar-refractivity contribution in [1.82, 2.24) is 0 Å². The number of carbonyl (C=O) groups excluding carboxylic acids is 4. The van der Waals surface area contributed by atoms with Gasteiger partial charge in [0.05, 0.1) is 26.4 Å². The lowest BCUT2D eigenvalue weighted by Gasteiger charge is -2.21. The smallest absolute Gasteiger partial charge is 0.462 e. The number of rotatable bonds is 78. The fraction of sp³-hybridized carbons (Fsp3) is 0.950. The number of hydrogen-bond acceptors (Lipinski definition) is 15. The second kappa shape index (κ2) is 70.4. The number of aliphatic hydroxyl groups excluding tert-OH is 1. The van der Waals surface area contributed by atoms with Gasteiger partial charge in [-0.25, -0.2) is 9.13 Å². The Kier molecular flexibility index (Phi) is 69.0. The van der Waals surface area contributed by atoms with Gasteiger partial charge in [-0.05, 0) is 43.4 Å². The minimum absolute atomic E-state index is 0.104. The first-order chi connectivity index (χ1) is 47.8. The molecule has 0 aromatic heterocycles. The summed E-state index contributed by atoms with van der Waals surface area (Å²) in [6.45, 7) is 11.9. The van der Waals surface area contributed by atoms with Gasteiger partial charge in [-0.15, -0.1) is 0 Å². The Labute approximate surface area is 607 Å². The molecule has 0 bridgehead atoms. The second-order valence-electron chi connectivity index (χ2n) is 30.0. The predicted octanol–water partition coefficient (Wildman–Crippen LogP) is 23.7. The van der Waals surface area contributed by atoms with E-state index in [1.165, 1.54) is 225 Å². The zero-order chi connectivity index (χ0) is 73.0. The molecular formula is C80H156O17P2. The summed E-state index contributed by atoms with van der Waals surface area (Å²) in [6.07, 6.45) is 58.3. The normalized spacial score (nSPS) is 14.3. The number of phosphoric acid groups is 2. The van der Waals surface area contributed by atoms with Gasteiger partial charge in [-0.2, -0.15) is 0 Å². The number of ether oxygens (including phenoxy) is 4. The molecule has 0 aliphatic rings. The highest BCUT2D eigenvalue weighted by Crippen LogP contribution is 2.45. The van der Waals surface area contributed by atoms with Gasteiger partial charge < -0.3 is 33.8 Å². The molecule has 0 aromatic rings. The van der Waals surface area contributed by atoms with E-state index in [0.29, 0.717) is 25.7 Å². The molecule has 0 saturated carbocycles. The molecule has 3 N–H and O–H groups in total. The first kappa shape index (κ1) is 97.1. The van der Waals surface area contributed by atoms with Crippen molar-refractivity contribution in [1.29, 1.82) is 0 Å². The van der Waals surface area contributed by atoms with Gasteiger partial charge in [-0.3, -0.25) is 37.3 Å². The summed E-state index contributed by atoms with van der Waals surface area (Å²) in [5.74, 6) is 0.191. The van der Waals surface area contributed by atoms with Crippen molar-refractivity contribution in [2.24, 2.45) is 17.8 Å². The molecular weight excluding hydrogens is 1290 g/mol. The summed E-state index contributed by atoms with van der Waals surface area (Å²) in [7, 11) is -9.92. The third-order valence-corrected chi connectivity index (χ3v) is 20.9. The summed E-state index contributed by atoms with van der Waals surface area (Å²) in [6, 6.07) is 0. The SMILES string of the molecule is CCCCCCCCCCCCCCCCCCCC(=O)OC[C@H](COP(=O)(O)OC[C@@H](O)COP(=O)(O)OC[C@@H](COC(=O)CCCCCCCCCCC(C)C)OC(=O)CCCCCCCCCCC(C)CC)OC(=O)CCCCCCCCCCCCCCCCCCC(C)C. The van der Waals surface area contributed by atoms with Crippen molar-refractivity contribution >= 4 is 39.5 Å². The first-order valence-corrected chi connectivity index (χ1v) is 44.4. The Morgan fingerprint density at radius 1 is 0.293 bits per heavy atom. The minimum atomic E-state index is -4.96. The fourth-order valence-electron chi connectivity index (χ4n) is 12.3. The highest BCUT2D eigenvalue weighted by atomic mass is 31.2. The topological polar surface area (TPSA) is 237 Å². The van der Waals surface area contributed by atoms with E-state index < -0.39 is 97.5 Å². The molecule has 0 heterocycles. The molecule has 0 saturated heterocycles. The molecule has 0 fully saturated rings. The molecule has 6 atom stereocenters. The van der Waals surface area contributed by atoms with Crippen molar-refractivity contribution in [3.05, 3.63) is 0 Å². The van der Waals surface area contributed by atoms with Crippen LogP contribution in [0.5, 0.6) is 0 Å². The molecule has 3 unspecified atom stereocenters. The van der Waals surface area contributed by atoms with Crippen molar-refractivity contribution in [2.45, 2.75) is 433 Å². The van der Waals surface area contributed by atoms with Gasteiger partial charge in [0, 0.05) is 25.7 Å². The molecule has 0 amide bonds. The van der Waals surface area contributed by atoms with Crippen LogP contribution in [0.2, 0.25) is 0 Å². The van der Waals surface area contributed by atoms with Crippen LogP contribution < -0.4 is 0 Å². The van der Waals surface area contributed by atoms with E-state index in [2.05, 4.69) is 48.5 Å². The minimum Gasteiger partial charge on any atom is -0.462 e. The van der Waals surface area contributed by atoms with Crippen LogP contribution in [-0.2, 0) is 65.4 Å². The zero-order valence-corrected chi connectivity index (χ0v) is 66.8. The number of carbonyl (C=O) groups is 4. The monoisotopic (exact) mass is 1450 g/mol. The zero-order valence-electron chi connectivity index (χ0n) is 65.0. The highest BCUT2D eigenvalue weighted by molar-refractivity contribution is 7.47. The van der Waals surface area contributed by atoms with Crippen LogP contribution in [0.4, 0.5) is 0 Å². The number of hydrogen-bond donors (Lipinski definition) is 3. The van der Waals surface area contributed by atoms with E-state index in [1.54, 1.807) is 0 Å². The van der Waals surface area contributed by atoms with Crippen molar-refractivity contribution in [3.8, 4) is 0 Å². The van der Waals surface area contributed by atoms with E-state index in [-0.39, 0.29) is 25.7 Å². The fourth-order valence-corrected chi connectivity index (χ4v) is 13.9. The lowest BCUT2D eigenvalue weighted by molar-refractivity contribution is -0.161. The molecule has 0 aliphatic carbocycles. The van der Waals surface area contributed by atoms with Crippen LogP contribution in [0, 0.1) is 17.8 Å². The molecule has 0 aromatic carbocycles. The third kappa shape index (κ3) is 72.8. The Hall–Kier alpha value is -1.94. The van der Waals surface area contributed by atoms with Crippen LogP contribution in [0.25, 0.3) is 0 Å². The van der Waals surface area contributed by atoms with E-state index in [9.17, 15) is 43.2 Å². The Bertz CT molecular complexity index is 1920. The van der Waals surface area contributed by atoms with Crippen LogP contribution in [0.1, 0.15) is 414 Å². The van der Waals surface area contributed by atoms with Crippen molar-refractivity contribution in [2.75, 3.05) is 39.6 Å². The third-order valence-electron chi connectivity index (χ3n) is 19.0. The Morgan fingerprint density at radius 3 is 0.768 bits per heavy atom. The molecule has 0 aliphatic heterocycles. The first-order valence-electron chi connectivity index (χ1n) is 41.4. The number of esters is 4. The molecule has 19 heteroatoms. The largest absolute Gasteiger partial charge is 0.472 e. The maximum Gasteiger partial charge on any atom is 0.472 e. The summed E-state index contributed by atoms with van der Waals surface area (Å²) >= 11 is 0. The maximum atomic E-state index is 13.1. The summed E-state index contributed by atoms with van der Waals surface area (Å²) in [5, 5.41) is 10.6. The van der Waals surface area contributed by atoms with E-state index in [4.69, 9.17) is 37.0 Å². The Balaban J connectivity index is 5.24. The van der Waals surface area contributed by atoms with E-state index in [0.717, 1.165) is 108 Å². The standard InChI is InChI=1S/C80H156O17P2/c1-8-10-11-12-13-14-15-16-17-18-22-25-28-31-40-47-54-61-77(82)90-67-75(96-79(84)63-56-49-42-32-29-26-23-20-19-21-24-27-30-37-44-51-58-71(3)4)69-94-98(86,87)92-65-74(81)66-93-99(88,89)95-70-76(68-91-78(83)62-55-48-41-35-33-38-45-52-59-72(5)6)97-80(85)64-57-50-43-36-34-39-46-53-60-73(7)9-2/h71-76,81H,8-70H2,1-7H3,(H,86,87)(H,88,89)/t73?,74-,75-,76-/m1/s1. The molecule has 99 heavy (non-hydrogen) atoms. The molecule has 17 nitrogen and oxygen atoms in total. The van der Waals surface area contributed by atoms with Gasteiger partial charge in [-0.1, -0.05) is 363 Å². The van der Waals surface area contributed by atoms with Gasteiger partial charge in [0.15, 0.2) is 12.2 Å². The lowest BCUT2D eigenvalue weighted by Crippen LogP contribution is -2.30. The maximum absolute atomic E-state index is 13.1. The van der Waals surface area contributed by atoms with Crippen LogP contribution in [0.3, 0.4) is 0 Å².